The molecule has 0 aliphatic heterocycles. The van der Waals surface area contributed by atoms with E-state index in [1.54, 1.807) is 13.0 Å². The van der Waals surface area contributed by atoms with Crippen LogP contribution in [0.25, 0.3) is 6.08 Å². The maximum atomic E-state index is 11.5. The van der Waals surface area contributed by atoms with Crippen LogP contribution in [0.3, 0.4) is 0 Å². The van der Waals surface area contributed by atoms with Crippen LogP contribution >= 0.6 is 15.9 Å². The number of likely N-dealkylation sites (N-methyl/N-ethyl adjacent to an activating group) is 1. The largest absolute Gasteiger partial charge is 0.480 e. The van der Waals surface area contributed by atoms with Gasteiger partial charge in [-0.3, -0.25) is 4.79 Å². The molecule has 0 spiro atoms. The van der Waals surface area contributed by atoms with Crippen molar-refractivity contribution < 1.29 is 19.4 Å². The fourth-order valence-corrected chi connectivity index (χ4v) is 2.23. The van der Waals surface area contributed by atoms with Crippen molar-refractivity contribution >= 4 is 33.9 Å². The molecule has 20 heavy (non-hydrogen) atoms. The molecule has 0 saturated carbocycles. The second-order valence-corrected chi connectivity index (χ2v) is 5.10. The van der Waals surface area contributed by atoms with Gasteiger partial charge in [0.15, 0.2) is 6.10 Å². The van der Waals surface area contributed by atoms with Crippen LogP contribution in [0.15, 0.2) is 22.7 Å². The molecule has 0 bridgehead atoms. The van der Waals surface area contributed by atoms with Gasteiger partial charge in [-0.1, -0.05) is 15.9 Å². The van der Waals surface area contributed by atoms with Gasteiger partial charge in [-0.15, -0.1) is 0 Å². The molecule has 0 fully saturated rings. The molecular weight excluding hydrogens is 326 g/mol. The quantitative estimate of drug-likeness (QED) is 0.806. The van der Waals surface area contributed by atoms with Gasteiger partial charge in [0.1, 0.15) is 5.75 Å². The Morgan fingerprint density at radius 3 is 2.65 bits per heavy atom. The Hall–Kier alpha value is -1.82. The van der Waals surface area contributed by atoms with Gasteiger partial charge in [0.05, 0.1) is 0 Å². The summed E-state index contributed by atoms with van der Waals surface area (Å²) in [6, 6.07) is 3.57. The lowest BCUT2D eigenvalue weighted by Gasteiger charge is -2.17. The first-order valence-corrected chi connectivity index (χ1v) is 6.74. The van der Waals surface area contributed by atoms with Crippen molar-refractivity contribution in [2.45, 2.75) is 20.0 Å². The van der Waals surface area contributed by atoms with Gasteiger partial charge in [-0.2, -0.15) is 0 Å². The van der Waals surface area contributed by atoms with Crippen LogP contribution in [-0.2, 0) is 9.59 Å². The molecule has 1 amide bonds. The van der Waals surface area contributed by atoms with Crippen molar-refractivity contribution in [2.24, 2.45) is 0 Å². The number of carboxylic acid groups (broad SMARTS) is 1. The standard InChI is InChI=1S/C14H16BrNO4/c1-8-6-11(15)7-10(4-5-12(17)18)13(8)20-9(2)14(19)16-3/h4-7,9H,1-3H3,(H,16,19)(H,17,18)/b5-4+. The summed E-state index contributed by atoms with van der Waals surface area (Å²) in [6.45, 7) is 3.46. The predicted octanol–water partition coefficient (Wildman–Crippen LogP) is 2.37. The van der Waals surface area contributed by atoms with E-state index >= 15 is 0 Å². The summed E-state index contributed by atoms with van der Waals surface area (Å²) in [5, 5.41) is 11.2. The molecule has 0 radical (unpaired) electrons. The Bertz CT molecular complexity index is 554. The fourth-order valence-electron chi connectivity index (χ4n) is 1.64. The maximum absolute atomic E-state index is 11.5. The highest BCUT2D eigenvalue weighted by atomic mass is 79.9. The van der Waals surface area contributed by atoms with Gasteiger partial charge < -0.3 is 15.2 Å². The topological polar surface area (TPSA) is 75.6 Å². The van der Waals surface area contributed by atoms with E-state index in [1.807, 2.05) is 13.0 Å². The Labute approximate surface area is 125 Å². The average Bonchev–Trinajstić information content (AvgIpc) is 2.38. The van der Waals surface area contributed by atoms with Crippen LogP contribution < -0.4 is 10.1 Å². The van der Waals surface area contributed by atoms with E-state index in [1.165, 1.54) is 13.1 Å². The zero-order chi connectivity index (χ0) is 15.3. The number of hydrogen-bond donors (Lipinski definition) is 2. The number of aliphatic carboxylic acids is 1. The predicted molar refractivity (Wildman–Crippen MR) is 79.7 cm³/mol. The number of nitrogens with one attached hydrogen (secondary N) is 1. The van der Waals surface area contributed by atoms with Crippen molar-refractivity contribution in [3.05, 3.63) is 33.8 Å². The SMILES string of the molecule is CNC(=O)C(C)Oc1c(C)cc(Br)cc1/C=C/C(=O)O. The minimum absolute atomic E-state index is 0.250. The number of halogens is 1. The summed E-state index contributed by atoms with van der Waals surface area (Å²) in [7, 11) is 1.53. The van der Waals surface area contributed by atoms with E-state index in [0.717, 1.165) is 16.1 Å². The van der Waals surface area contributed by atoms with Crippen molar-refractivity contribution in [2.75, 3.05) is 7.05 Å². The number of ether oxygens (including phenoxy) is 1. The highest BCUT2D eigenvalue weighted by Gasteiger charge is 2.16. The van der Waals surface area contributed by atoms with Crippen LogP contribution in [0.1, 0.15) is 18.1 Å². The summed E-state index contributed by atoms with van der Waals surface area (Å²) >= 11 is 3.35. The molecule has 5 nitrogen and oxygen atoms in total. The maximum Gasteiger partial charge on any atom is 0.328 e. The minimum Gasteiger partial charge on any atom is -0.480 e. The number of hydrogen-bond acceptors (Lipinski definition) is 3. The highest BCUT2D eigenvalue weighted by molar-refractivity contribution is 9.10. The van der Waals surface area contributed by atoms with E-state index in [2.05, 4.69) is 21.2 Å². The first kappa shape index (κ1) is 16.2. The van der Waals surface area contributed by atoms with Crippen molar-refractivity contribution in [1.82, 2.24) is 5.32 Å². The van der Waals surface area contributed by atoms with Gasteiger partial charge in [-0.05, 0) is 37.6 Å². The lowest BCUT2D eigenvalue weighted by molar-refractivity contribution is -0.131. The van der Waals surface area contributed by atoms with Gasteiger partial charge >= 0.3 is 5.97 Å². The van der Waals surface area contributed by atoms with E-state index in [0.29, 0.717) is 11.3 Å². The molecule has 1 unspecified atom stereocenters. The third-order valence-corrected chi connectivity index (χ3v) is 3.04. The number of benzene rings is 1. The number of rotatable bonds is 5. The molecule has 108 valence electrons. The summed E-state index contributed by atoms with van der Waals surface area (Å²) in [6.07, 6.45) is 1.79. The zero-order valence-corrected chi connectivity index (χ0v) is 13.0. The van der Waals surface area contributed by atoms with E-state index < -0.39 is 12.1 Å². The summed E-state index contributed by atoms with van der Waals surface area (Å²) in [4.78, 5) is 22.1. The summed E-state index contributed by atoms with van der Waals surface area (Å²) in [5.41, 5.74) is 1.40. The average molecular weight is 342 g/mol. The molecule has 1 aromatic rings. The number of carbonyl (C=O) groups excluding carboxylic acids is 1. The molecule has 2 N–H and O–H groups in total. The Morgan fingerprint density at radius 2 is 2.10 bits per heavy atom. The third kappa shape index (κ3) is 4.38. The molecular formula is C14H16BrNO4. The Morgan fingerprint density at radius 1 is 1.45 bits per heavy atom. The Kier molecular flexibility index (Phi) is 5.76. The number of carbonyl (C=O) groups is 2. The van der Waals surface area contributed by atoms with Crippen LogP contribution in [0.4, 0.5) is 0 Å². The van der Waals surface area contributed by atoms with E-state index in [4.69, 9.17) is 9.84 Å². The second-order valence-electron chi connectivity index (χ2n) is 4.19. The highest BCUT2D eigenvalue weighted by Crippen LogP contribution is 2.30. The van der Waals surface area contributed by atoms with Crippen molar-refractivity contribution in [1.29, 1.82) is 0 Å². The first-order chi connectivity index (χ1) is 9.35. The van der Waals surface area contributed by atoms with Crippen LogP contribution in [0.2, 0.25) is 0 Å². The molecule has 1 atom stereocenters. The monoisotopic (exact) mass is 341 g/mol. The molecule has 0 aromatic heterocycles. The van der Waals surface area contributed by atoms with Crippen molar-refractivity contribution in [3.63, 3.8) is 0 Å². The van der Waals surface area contributed by atoms with Crippen molar-refractivity contribution in [3.8, 4) is 5.75 Å². The van der Waals surface area contributed by atoms with Crippen LogP contribution in [0.5, 0.6) is 5.75 Å². The normalized spacial score (nSPS) is 12.2. The number of amides is 1. The molecule has 0 aliphatic carbocycles. The molecule has 0 heterocycles. The Balaban J connectivity index is 3.16. The molecule has 1 rings (SSSR count). The molecule has 0 aliphatic rings. The fraction of sp³-hybridized carbons (Fsp3) is 0.286. The van der Waals surface area contributed by atoms with Crippen LogP contribution in [0, 0.1) is 6.92 Å². The van der Waals surface area contributed by atoms with E-state index in [9.17, 15) is 9.59 Å². The zero-order valence-electron chi connectivity index (χ0n) is 11.4. The smallest absolute Gasteiger partial charge is 0.328 e. The number of aryl methyl sites for hydroxylation is 1. The van der Waals surface area contributed by atoms with Gasteiger partial charge in [0.2, 0.25) is 0 Å². The third-order valence-electron chi connectivity index (χ3n) is 2.58. The summed E-state index contributed by atoms with van der Waals surface area (Å²) in [5.74, 6) is -0.810. The minimum atomic E-state index is -1.05. The molecule has 0 saturated heterocycles. The van der Waals surface area contributed by atoms with Crippen LogP contribution in [-0.4, -0.2) is 30.1 Å². The second kappa shape index (κ2) is 7.09. The lowest BCUT2D eigenvalue weighted by atomic mass is 10.1. The first-order valence-electron chi connectivity index (χ1n) is 5.94. The lowest BCUT2D eigenvalue weighted by Crippen LogP contribution is -2.34. The summed E-state index contributed by atoms with van der Waals surface area (Å²) < 4.78 is 6.44. The van der Waals surface area contributed by atoms with Gasteiger partial charge in [0.25, 0.3) is 5.91 Å². The molecule has 1 aromatic carbocycles. The molecule has 6 heteroatoms. The van der Waals surface area contributed by atoms with E-state index in [-0.39, 0.29) is 5.91 Å². The van der Waals surface area contributed by atoms with Gasteiger partial charge in [0, 0.05) is 23.2 Å². The van der Waals surface area contributed by atoms with Gasteiger partial charge in [-0.25, -0.2) is 4.79 Å². The number of carboxylic acids is 1.